The van der Waals surface area contributed by atoms with E-state index in [0.717, 1.165) is 45.4 Å². The number of nitrogens with one attached hydrogen (secondary N) is 3. The first kappa shape index (κ1) is 34.1. The summed E-state index contributed by atoms with van der Waals surface area (Å²) in [7, 11) is 0. The van der Waals surface area contributed by atoms with Gasteiger partial charge in [0.25, 0.3) is 11.8 Å². The van der Waals surface area contributed by atoms with Crippen molar-refractivity contribution >= 4 is 28.7 Å². The van der Waals surface area contributed by atoms with Crippen molar-refractivity contribution < 1.29 is 42.5 Å². The number of hydrogen-bond acceptors (Lipinski definition) is 16. The molecule has 0 aliphatic carbocycles. The van der Waals surface area contributed by atoms with Crippen molar-refractivity contribution in [2.45, 2.75) is 17.2 Å². The Balaban J connectivity index is 1.06. The van der Waals surface area contributed by atoms with Gasteiger partial charge in [0.1, 0.15) is 51.0 Å². The van der Waals surface area contributed by atoms with E-state index in [1.54, 1.807) is 24.8 Å². The highest BCUT2D eigenvalue weighted by Crippen LogP contribution is 2.54. The molecular formula is C41H30N8O9S. The zero-order valence-corrected chi connectivity index (χ0v) is 31.5. The van der Waals surface area contributed by atoms with Gasteiger partial charge in [-0.1, -0.05) is 0 Å². The van der Waals surface area contributed by atoms with Crippen molar-refractivity contribution in [1.29, 1.82) is 0 Å². The molecule has 294 valence electrons. The largest absolute Gasteiger partial charge is 0.596 e. The Hall–Kier alpha value is -7.02. The highest BCUT2D eigenvalue weighted by atomic mass is 32.2. The van der Waals surface area contributed by atoms with Crippen molar-refractivity contribution in [1.82, 2.24) is 29.9 Å². The average molecular weight is 811 g/mol. The first-order valence-corrected chi connectivity index (χ1v) is 19.7. The predicted molar refractivity (Wildman–Crippen MR) is 210 cm³/mol. The molecule has 0 spiro atoms. The van der Waals surface area contributed by atoms with Crippen LogP contribution in [0.2, 0.25) is 0 Å². The SMILES string of the molecule is [O-][NH+]1Nc2cc(-c3cc4c(c(-c5cc(-c6cc7cccnc7[nH]6)c6c(n5)OCCO6)c3)OC(c3cnc5c(c3)OCCO5)C(c3cc5c(cn3)OCCO5)O4)cnc2S1. The zero-order chi connectivity index (χ0) is 39.0. The number of ether oxygens (including phenoxy) is 8. The molecule has 1 aromatic carbocycles. The van der Waals surface area contributed by atoms with Crippen molar-refractivity contribution in [2.24, 2.45) is 0 Å². The molecule has 5 aliphatic rings. The van der Waals surface area contributed by atoms with Gasteiger partial charge in [-0.05, 0) is 54.1 Å². The molecule has 3 atom stereocenters. The van der Waals surface area contributed by atoms with Crippen molar-refractivity contribution in [2.75, 3.05) is 45.1 Å². The number of hydrogen-bond donors (Lipinski definition) is 3. The second-order valence-electron chi connectivity index (χ2n) is 14.1. The van der Waals surface area contributed by atoms with Gasteiger partial charge in [0.15, 0.2) is 63.7 Å². The first-order valence-electron chi connectivity index (χ1n) is 18.8. The standard InChI is InChI=1S/C41H30N8O9S/c50-49-48-29-12-22(17-45-41(29)59-49)21-10-24(27-15-25(36-40(47-27)56-9-7-54-36)26-11-20-2-1-3-42-38(20)46-26)35-31(13-21)57-37(28-16-30-33(19-43-28)53-5-4-51-30)34(58-35)23-14-32-39(44-18-23)55-8-6-52-32/h1-3,10-19,34,37,48-49H,4-9H2,(H,42,46). The maximum Gasteiger partial charge on any atom is 0.258 e. The first-order chi connectivity index (χ1) is 29.1. The third-order valence-electron chi connectivity index (χ3n) is 10.4. The highest BCUT2D eigenvalue weighted by Gasteiger charge is 2.40. The van der Waals surface area contributed by atoms with Crippen LogP contribution in [0, 0.1) is 5.21 Å². The number of aromatic amines is 1. The zero-order valence-electron chi connectivity index (χ0n) is 30.7. The number of quaternary nitrogens is 1. The molecule has 0 radical (unpaired) electrons. The summed E-state index contributed by atoms with van der Waals surface area (Å²) in [4.78, 5) is 27.0. The molecule has 11 heterocycles. The van der Waals surface area contributed by atoms with E-state index in [1.165, 1.54) is 0 Å². The van der Waals surface area contributed by atoms with Crippen LogP contribution in [0.4, 0.5) is 5.69 Å². The van der Waals surface area contributed by atoms with Gasteiger partial charge in [-0.3, -0.25) is 4.98 Å². The number of anilines is 1. The quantitative estimate of drug-likeness (QED) is 0.147. The van der Waals surface area contributed by atoms with Gasteiger partial charge in [0.2, 0.25) is 0 Å². The van der Waals surface area contributed by atoms with Crippen molar-refractivity contribution in [3.05, 3.63) is 95.8 Å². The van der Waals surface area contributed by atoms with E-state index >= 15 is 0 Å². The summed E-state index contributed by atoms with van der Waals surface area (Å²) < 4.78 is 49.8. The lowest BCUT2D eigenvalue weighted by molar-refractivity contribution is -0.661. The van der Waals surface area contributed by atoms with E-state index in [1.807, 2.05) is 54.6 Å². The molecule has 18 heteroatoms. The maximum atomic E-state index is 12.3. The summed E-state index contributed by atoms with van der Waals surface area (Å²) >= 11 is 1.05. The van der Waals surface area contributed by atoms with E-state index in [-0.39, 0.29) is 4.58 Å². The third-order valence-corrected chi connectivity index (χ3v) is 11.2. The van der Waals surface area contributed by atoms with Crippen molar-refractivity contribution in [3.63, 3.8) is 0 Å². The molecule has 0 saturated heterocycles. The predicted octanol–water partition coefficient (Wildman–Crippen LogP) is 5.44. The summed E-state index contributed by atoms with van der Waals surface area (Å²) in [6.45, 7) is 2.29. The molecule has 17 nitrogen and oxygen atoms in total. The smallest absolute Gasteiger partial charge is 0.258 e. The molecular weight excluding hydrogens is 781 g/mol. The summed E-state index contributed by atoms with van der Waals surface area (Å²) in [5.41, 5.74) is 9.49. The molecule has 6 aromatic heterocycles. The summed E-state index contributed by atoms with van der Waals surface area (Å²) in [6.07, 6.45) is 5.19. The van der Waals surface area contributed by atoms with Crippen LogP contribution in [0.1, 0.15) is 23.5 Å². The topological polar surface area (TPSA) is 194 Å². The second kappa shape index (κ2) is 13.5. The second-order valence-corrected chi connectivity index (χ2v) is 15.0. The Kier molecular flexibility index (Phi) is 7.82. The van der Waals surface area contributed by atoms with Gasteiger partial charge in [-0.15, -0.1) is 0 Å². The van der Waals surface area contributed by atoms with E-state index in [0.29, 0.717) is 119 Å². The van der Waals surface area contributed by atoms with Gasteiger partial charge in [0.05, 0.1) is 23.3 Å². The molecule has 7 aromatic rings. The van der Waals surface area contributed by atoms with Crippen LogP contribution in [0.15, 0.2) is 84.4 Å². The van der Waals surface area contributed by atoms with Crippen LogP contribution in [-0.2, 0) is 0 Å². The Morgan fingerprint density at radius 3 is 2.42 bits per heavy atom. The number of H-pyrrole nitrogens is 1. The van der Waals surface area contributed by atoms with Gasteiger partial charge in [-0.25, -0.2) is 29.9 Å². The molecule has 0 saturated carbocycles. The molecule has 0 fully saturated rings. The summed E-state index contributed by atoms with van der Waals surface area (Å²) in [5, 5.41) is 13.8. The van der Waals surface area contributed by atoms with Crippen LogP contribution in [0.5, 0.6) is 46.3 Å². The number of fused-ring (bicyclic) bond motifs is 6. The minimum Gasteiger partial charge on any atom is -0.596 e. The normalized spacial score (nSPS) is 19.5. The number of benzene rings is 1. The Labute approximate surface area is 338 Å². The fourth-order valence-corrected chi connectivity index (χ4v) is 8.37. The monoisotopic (exact) mass is 810 g/mol. The lowest BCUT2D eigenvalue weighted by Gasteiger charge is -2.36. The lowest BCUT2D eigenvalue weighted by Crippen LogP contribution is -3.02. The number of rotatable bonds is 5. The van der Waals surface area contributed by atoms with Gasteiger partial charge >= 0.3 is 0 Å². The van der Waals surface area contributed by atoms with Crippen LogP contribution in [-0.4, -0.2) is 69.5 Å². The van der Waals surface area contributed by atoms with E-state index in [9.17, 15) is 5.21 Å². The lowest BCUT2D eigenvalue weighted by atomic mass is 9.96. The van der Waals surface area contributed by atoms with Gasteiger partial charge < -0.3 is 48.1 Å². The van der Waals surface area contributed by atoms with E-state index < -0.39 is 12.2 Å². The Morgan fingerprint density at radius 1 is 0.661 bits per heavy atom. The van der Waals surface area contributed by atoms with Crippen LogP contribution in [0.25, 0.3) is 44.7 Å². The molecule has 0 bridgehead atoms. The Bertz CT molecular complexity index is 2810. The Morgan fingerprint density at radius 2 is 1.51 bits per heavy atom. The maximum absolute atomic E-state index is 12.3. The number of pyridine rings is 5. The molecule has 12 rings (SSSR count). The van der Waals surface area contributed by atoms with Crippen LogP contribution < -0.4 is 47.9 Å². The molecule has 0 amide bonds. The fraction of sp³-hybridized carbons (Fsp3) is 0.195. The van der Waals surface area contributed by atoms with Crippen LogP contribution in [0.3, 0.4) is 0 Å². The number of nitrogens with zero attached hydrogens (tertiary/aromatic N) is 5. The molecule has 59 heavy (non-hydrogen) atoms. The summed E-state index contributed by atoms with van der Waals surface area (Å²) in [6, 6.07) is 17.2. The molecule has 3 N–H and O–H groups in total. The van der Waals surface area contributed by atoms with E-state index in [4.69, 9.17) is 47.9 Å². The third kappa shape index (κ3) is 5.90. The van der Waals surface area contributed by atoms with Crippen LogP contribution >= 0.6 is 11.9 Å². The molecule has 5 aliphatic heterocycles. The van der Waals surface area contributed by atoms with Gasteiger partial charge in [0, 0.05) is 52.3 Å². The highest BCUT2D eigenvalue weighted by molar-refractivity contribution is 7.93. The average Bonchev–Trinajstić information content (AvgIpc) is 3.90. The minimum atomic E-state index is -0.803. The fourth-order valence-electron chi connectivity index (χ4n) is 7.71. The van der Waals surface area contributed by atoms with Crippen molar-refractivity contribution in [3.8, 4) is 79.9 Å². The van der Waals surface area contributed by atoms with Gasteiger partial charge in [-0.2, -0.15) is 0 Å². The minimum absolute atomic E-state index is 0.192. The molecule has 3 unspecified atom stereocenters. The summed E-state index contributed by atoms with van der Waals surface area (Å²) in [5.74, 6) is 3.64. The van der Waals surface area contributed by atoms with E-state index in [2.05, 4.69) is 25.4 Å². The number of aromatic nitrogens is 6.